The molecule has 0 saturated heterocycles. The van der Waals surface area contributed by atoms with Gasteiger partial charge in [-0.15, -0.1) is 0 Å². The Bertz CT molecular complexity index is 351. The van der Waals surface area contributed by atoms with Gasteiger partial charge in [-0.2, -0.15) is 0 Å². The summed E-state index contributed by atoms with van der Waals surface area (Å²) in [7, 11) is 0. The molecule has 0 bridgehead atoms. The lowest BCUT2D eigenvalue weighted by atomic mass is 10.1. The first kappa shape index (κ1) is 20.6. The van der Waals surface area contributed by atoms with Crippen molar-refractivity contribution in [1.29, 1.82) is 0 Å². The molecule has 2 atom stereocenters. The van der Waals surface area contributed by atoms with Gasteiger partial charge in [0.25, 0.3) is 0 Å². The molecule has 0 saturated carbocycles. The molecule has 0 spiro atoms. The van der Waals surface area contributed by atoms with Gasteiger partial charge in [-0.25, -0.2) is 9.59 Å². The topological polar surface area (TPSA) is 89.9 Å². The van der Waals surface area contributed by atoms with Crippen molar-refractivity contribution in [3.63, 3.8) is 0 Å². The van der Waals surface area contributed by atoms with E-state index in [0.29, 0.717) is 6.42 Å². The molecular weight excluding hydrogens is 288 g/mol. The summed E-state index contributed by atoms with van der Waals surface area (Å²) in [5.41, 5.74) is 0. The summed E-state index contributed by atoms with van der Waals surface area (Å²) in [6, 6.07) is 0. The van der Waals surface area contributed by atoms with Gasteiger partial charge in [0.1, 0.15) is 6.10 Å². The van der Waals surface area contributed by atoms with Crippen LogP contribution in [0.2, 0.25) is 0 Å². The number of esters is 3. The summed E-state index contributed by atoms with van der Waals surface area (Å²) < 4.78 is 9.24. The maximum atomic E-state index is 11.5. The van der Waals surface area contributed by atoms with Crippen molar-refractivity contribution < 1.29 is 29.0 Å². The maximum Gasteiger partial charge on any atom is 0.354 e. The van der Waals surface area contributed by atoms with Gasteiger partial charge in [-0.1, -0.05) is 45.4 Å². The predicted molar refractivity (Wildman–Crippen MR) is 80.9 cm³/mol. The Kier molecular flexibility index (Phi) is 11.4. The van der Waals surface area contributed by atoms with E-state index in [1.54, 1.807) is 0 Å². The number of carbonyl (C=O) groups is 3. The van der Waals surface area contributed by atoms with Crippen LogP contribution in [0, 0.1) is 0 Å². The lowest BCUT2D eigenvalue weighted by Gasteiger charge is -2.12. The first-order valence-corrected chi connectivity index (χ1v) is 8.01. The highest BCUT2D eigenvalue weighted by molar-refractivity contribution is 5.89. The molecule has 0 rings (SSSR count). The molecule has 0 fully saturated rings. The number of rotatable bonds is 11. The molecule has 0 radical (unpaired) electrons. The highest BCUT2D eigenvalue weighted by atomic mass is 16.6. The van der Waals surface area contributed by atoms with E-state index in [-0.39, 0.29) is 6.42 Å². The van der Waals surface area contributed by atoms with Crippen LogP contribution in [-0.4, -0.2) is 35.2 Å². The summed E-state index contributed by atoms with van der Waals surface area (Å²) in [5.74, 6) is -2.45. The van der Waals surface area contributed by atoms with Crippen molar-refractivity contribution in [2.45, 2.75) is 84.3 Å². The summed E-state index contributed by atoms with van der Waals surface area (Å²) in [5, 5.41) is 8.96. The highest BCUT2D eigenvalue weighted by Crippen LogP contribution is 2.09. The number of unbranched alkanes of at least 4 members (excludes halogenated alkanes) is 6. The lowest BCUT2D eigenvalue weighted by molar-refractivity contribution is -0.176. The minimum atomic E-state index is -1.32. The molecular formula is C16H28O6. The second-order valence-corrected chi connectivity index (χ2v) is 5.42. The molecule has 6 heteroatoms. The largest absolute Gasteiger partial charge is 0.449 e. The number of ether oxygens (including phenoxy) is 2. The molecule has 1 N–H and O–H groups in total. The molecule has 22 heavy (non-hydrogen) atoms. The second-order valence-electron chi connectivity index (χ2n) is 5.42. The Balaban J connectivity index is 3.77. The predicted octanol–water partition coefficient (Wildman–Crippen LogP) is 2.51. The van der Waals surface area contributed by atoms with Gasteiger partial charge in [0.05, 0.1) is 0 Å². The van der Waals surface area contributed by atoms with Crippen LogP contribution in [0.4, 0.5) is 0 Å². The lowest BCUT2D eigenvalue weighted by Crippen LogP contribution is -2.31. The molecule has 0 aromatic rings. The third kappa shape index (κ3) is 10.3. The number of hydrogen-bond acceptors (Lipinski definition) is 6. The molecule has 128 valence electrons. The summed E-state index contributed by atoms with van der Waals surface area (Å²) in [6.07, 6.45) is 5.14. The summed E-state index contributed by atoms with van der Waals surface area (Å²) in [4.78, 5) is 34.1. The molecule has 0 aliphatic carbocycles. The smallest absolute Gasteiger partial charge is 0.354 e. The second kappa shape index (κ2) is 12.1. The average Bonchev–Trinajstić information content (AvgIpc) is 2.45. The fourth-order valence-corrected chi connectivity index (χ4v) is 1.79. The van der Waals surface area contributed by atoms with Gasteiger partial charge < -0.3 is 14.6 Å². The third-order valence-electron chi connectivity index (χ3n) is 3.16. The molecule has 0 aromatic carbocycles. The van der Waals surface area contributed by atoms with Gasteiger partial charge in [0, 0.05) is 6.42 Å². The minimum absolute atomic E-state index is 0.177. The van der Waals surface area contributed by atoms with Gasteiger partial charge in [0.2, 0.25) is 0 Å². The molecule has 2 unspecified atom stereocenters. The van der Waals surface area contributed by atoms with Crippen molar-refractivity contribution in [3.05, 3.63) is 0 Å². The minimum Gasteiger partial charge on any atom is -0.449 e. The summed E-state index contributed by atoms with van der Waals surface area (Å²) in [6.45, 7) is 4.68. The van der Waals surface area contributed by atoms with E-state index in [2.05, 4.69) is 16.4 Å². The van der Waals surface area contributed by atoms with Crippen molar-refractivity contribution >= 4 is 17.9 Å². The van der Waals surface area contributed by atoms with Crippen molar-refractivity contribution in [3.8, 4) is 0 Å². The number of aliphatic hydroxyl groups excluding tert-OH is 1. The number of aliphatic hydroxyl groups is 1. The summed E-state index contributed by atoms with van der Waals surface area (Å²) >= 11 is 0. The Hall–Kier alpha value is -1.43. The van der Waals surface area contributed by atoms with Crippen molar-refractivity contribution in [1.82, 2.24) is 0 Å². The Labute approximate surface area is 132 Å². The van der Waals surface area contributed by atoms with Crippen LogP contribution in [0.1, 0.15) is 72.1 Å². The van der Waals surface area contributed by atoms with E-state index in [4.69, 9.17) is 5.11 Å². The van der Waals surface area contributed by atoms with Crippen LogP contribution in [0.3, 0.4) is 0 Å². The van der Waals surface area contributed by atoms with Gasteiger partial charge in [-0.3, -0.25) is 4.79 Å². The maximum absolute atomic E-state index is 11.5. The molecule has 0 aromatic heterocycles. The molecule has 0 heterocycles. The van der Waals surface area contributed by atoms with E-state index in [0.717, 1.165) is 19.3 Å². The van der Waals surface area contributed by atoms with Crippen LogP contribution in [0.15, 0.2) is 0 Å². The zero-order valence-corrected chi connectivity index (χ0v) is 13.8. The number of hydrogen-bond donors (Lipinski definition) is 1. The fraction of sp³-hybridized carbons (Fsp3) is 0.812. The molecule has 0 amide bonds. The SMILES string of the molecule is CCCCCCCCCC(=O)OC(=O)C(C)OC(=O)C(C)O. The quantitative estimate of drug-likeness (QED) is 0.358. The Morgan fingerprint density at radius 3 is 2.00 bits per heavy atom. The monoisotopic (exact) mass is 316 g/mol. The van der Waals surface area contributed by atoms with E-state index >= 15 is 0 Å². The van der Waals surface area contributed by atoms with Gasteiger partial charge >= 0.3 is 17.9 Å². The Morgan fingerprint density at radius 1 is 0.909 bits per heavy atom. The number of carbonyl (C=O) groups excluding carboxylic acids is 3. The first-order chi connectivity index (χ1) is 10.4. The third-order valence-corrected chi connectivity index (χ3v) is 3.16. The standard InChI is InChI=1S/C16H28O6/c1-4-5-6-7-8-9-10-11-14(18)22-16(20)13(3)21-15(19)12(2)17/h12-13,17H,4-11H2,1-3H3. The van der Waals surface area contributed by atoms with Crippen LogP contribution >= 0.6 is 0 Å². The van der Waals surface area contributed by atoms with E-state index < -0.39 is 30.1 Å². The van der Waals surface area contributed by atoms with Crippen molar-refractivity contribution in [2.75, 3.05) is 0 Å². The van der Waals surface area contributed by atoms with E-state index in [1.165, 1.54) is 33.1 Å². The molecule has 6 nitrogen and oxygen atoms in total. The van der Waals surface area contributed by atoms with E-state index in [9.17, 15) is 14.4 Å². The van der Waals surface area contributed by atoms with Crippen molar-refractivity contribution in [2.24, 2.45) is 0 Å². The first-order valence-electron chi connectivity index (χ1n) is 8.01. The van der Waals surface area contributed by atoms with E-state index in [1.807, 2.05) is 0 Å². The zero-order chi connectivity index (χ0) is 17.0. The van der Waals surface area contributed by atoms with Crippen LogP contribution in [-0.2, 0) is 23.9 Å². The van der Waals surface area contributed by atoms with Crippen LogP contribution < -0.4 is 0 Å². The zero-order valence-electron chi connectivity index (χ0n) is 13.8. The normalized spacial score (nSPS) is 13.3. The average molecular weight is 316 g/mol. The molecule has 0 aliphatic heterocycles. The molecule has 0 aliphatic rings. The fourth-order valence-electron chi connectivity index (χ4n) is 1.79. The van der Waals surface area contributed by atoms with Crippen LogP contribution in [0.5, 0.6) is 0 Å². The van der Waals surface area contributed by atoms with Gasteiger partial charge in [-0.05, 0) is 20.3 Å². The Morgan fingerprint density at radius 2 is 1.45 bits per heavy atom. The van der Waals surface area contributed by atoms with Crippen LogP contribution in [0.25, 0.3) is 0 Å². The van der Waals surface area contributed by atoms with Gasteiger partial charge in [0.15, 0.2) is 6.10 Å². The highest BCUT2D eigenvalue weighted by Gasteiger charge is 2.23.